The van der Waals surface area contributed by atoms with Crippen LogP contribution in [-0.2, 0) is 4.79 Å². The Morgan fingerprint density at radius 2 is 2.23 bits per heavy atom. The molecule has 1 nitrogen and oxygen atoms in total. The number of allylic oxidation sites excluding steroid dienone is 4. The minimum absolute atomic E-state index is 0.270. The van der Waals surface area contributed by atoms with E-state index in [4.69, 9.17) is 0 Å². The van der Waals surface area contributed by atoms with Gasteiger partial charge >= 0.3 is 0 Å². The first-order valence-corrected chi connectivity index (χ1v) is 5.10. The maximum Gasteiger partial charge on any atom is 0.155 e. The highest BCUT2D eigenvalue weighted by atomic mass is 16.1. The molecule has 13 heavy (non-hydrogen) atoms. The molecule has 1 heteroatoms. The van der Waals surface area contributed by atoms with Crippen molar-refractivity contribution in [1.82, 2.24) is 0 Å². The highest BCUT2D eigenvalue weighted by molar-refractivity contribution is 5.93. The van der Waals surface area contributed by atoms with Crippen molar-refractivity contribution in [3.05, 3.63) is 23.8 Å². The number of carbonyl (C=O) groups is 1. The van der Waals surface area contributed by atoms with E-state index in [1.807, 2.05) is 0 Å². The molecule has 0 aromatic rings. The van der Waals surface area contributed by atoms with Crippen LogP contribution in [0.4, 0.5) is 0 Å². The monoisotopic (exact) mass is 176 g/mol. The van der Waals surface area contributed by atoms with E-state index in [0.29, 0.717) is 5.41 Å². The second-order valence-corrected chi connectivity index (χ2v) is 4.30. The molecule has 1 atom stereocenters. The van der Waals surface area contributed by atoms with Gasteiger partial charge in [0.15, 0.2) is 5.78 Å². The lowest BCUT2D eigenvalue weighted by atomic mass is 9.77. The van der Waals surface area contributed by atoms with Crippen LogP contribution in [0.5, 0.6) is 0 Å². The van der Waals surface area contributed by atoms with Gasteiger partial charge in [-0.3, -0.25) is 4.79 Å². The van der Waals surface area contributed by atoms with Gasteiger partial charge in [-0.05, 0) is 50.0 Å². The van der Waals surface area contributed by atoms with Gasteiger partial charge in [-0.1, -0.05) is 18.2 Å². The first kappa shape index (κ1) is 8.74. The summed E-state index contributed by atoms with van der Waals surface area (Å²) in [7, 11) is 0. The largest absolute Gasteiger partial charge is 0.295 e. The van der Waals surface area contributed by atoms with Crippen molar-refractivity contribution >= 4 is 5.78 Å². The van der Waals surface area contributed by atoms with Crippen LogP contribution >= 0.6 is 0 Å². The van der Waals surface area contributed by atoms with Gasteiger partial charge in [-0.25, -0.2) is 0 Å². The Kier molecular flexibility index (Phi) is 2.10. The summed E-state index contributed by atoms with van der Waals surface area (Å²) in [4.78, 5) is 11.2. The van der Waals surface area contributed by atoms with Gasteiger partial charge < -0.3 is 0 Å². The molecule has 0 radical (unpaired) electrons. The van der Waals surface area contributed by atoms with E-state index < -0.39 is 0 Å². The first-order valence-electron chi connectivity index (χ1n) is 5.10. The Hall–Kier alpha value is -0.850. The Balaban J connectivity index is 2.18. The van der Waals surface area contributed by atoms with E-state index in [-0.39, 0.29) is 5.78 Å². The molecule has 0 amide bonds. The van der Waals surface area contributed by atoms with Gasteiger partial charge in [-0.15, -0.1) is 0 Å². The minimum Gasteiger partial charge on any atom is -0.295 e. The van der Waals surface area contributed by atoms with Crippen molar-refractivity contribution < 1.29 is 4.79 Å². The molecule has 0 N–H and O–H groups in total. The topological polar surface area (TPSA) is 17.1 Å². The molecule has 0 aromatic heterocycles. The fraction of sp³-hybridized carbons (Fsp3) is 0.583. The normalized spacial score (nSPS) is 32.2. The maximum atomic E-state index is 11.2. The molecule has 0 saturated carbocycles. The molecule has 0 heterocycles. The van der Waals surface area contributed by atoms with Gasteiger partial charge in [0.1, 0.15) is 0 Å². The molecule has 0 aromatic carbocycles. The van der Waals surface area contributed by atoms with E-state index in [9.17, 15) is 4.79 Å². The van der Waals surface area contributed by atoms with E-state index >= 15 is 0 Å². The van der Waals surface area contributed by atoms with Gasteiger partial charge in [0.2, 0.25) is 0 Å². The number of hydrogen-bond acceptors (Lipinski definition) is 1. The molecule has 0 aliphatic heterocycles. The van der Waals surface area contributed by atoms with Gasteiger partial charge in [0.25, 0.3) is 0 Å². The highest BCUT2D eigenvalue weighted by Crippen LogP contribution is 2.45. The number of ketones is 1. The molecule has 1 unspecified atom stereocenters. The molecule has 0 saturated heterocycles. The Bertz CT molecular complexity index is 285. The summed E-state index contributed by atoms with van der Waals surface area (Å²) >= 11 is 0. The molecule has 2 aliphatic rings. The Labute approximate surface area is 79.5 Å². The van der Waals surface area contributed by atoms with Crippen molar-refractivity contribution in [1.29, 1.82) is 0 Å². The summed E-state index contributed by atoms with van der Waals surface area (Å²) in [6.45, 7) is 1.68. The highest BCUT2D eigenvalue weighted by Gasteiger charge is 2.33. The Morgan fingerprint density at radius 3 is 2.77 bits per heavy atom. The van der Waals surface area contributed by atoms with Gasteiger partial charge in [0, 0.05) is 0 Å². The maximum absolute atomic E-state index is 11.2. The number of Topliss-reactive ketones (excluding diaryl/α,β-unsaturated/α-hetero) is 1. The zero-order valence-electron chi connectivity index (χ0n) is 8.18. The van der Waals surface area contributed by atoms with Crippen molar-refractivity contribution in [2.45, 2.75) is 39.0 Å². The molecule has 2 aliphatic carbocycles. The average molecular weight is 176 g/mol. The lowest BCUT2D eigenvalue weighted by Gasteiger charge is -2.28. The van der Waals surface area contributed by atoms with E-state index in [0.717, 1.165) is 18.4 Å². The smallest absolute Gasteiger partial charge is 0.155 e. The van der Waals surface area contributed by atoms with E-state index in [2.05, 4.69) is 18.2 Å². The summed E-state index contributed by atoms with van der Waals surface area (Å²) in [5, 5.41) is 0. The lowest BCUT2D eigenvalue weighted by Crippen LogP contribution is -2.15. The standard InChI is InChI=1S/C12H16O/c1-10(13)11-5-8-12(9-11)6-3-2-4-7-12/h2-3,9H,4-8H2,1H3. The van der Waals surface area contributed by atoms with Crippen LogP contribution in [0.15, 0.2) is 23.8 Å². The zero-order chi connectivity index (χ0) is 9.31. The SMILES string of the molecule is CC(=O)C1=CC2(CC=CCC2)CC1. The third-order valence-corrected chi connectivity index (χ3v) is 3.32. The zero-order valence-corrected chi connectivity index (χ0v) is 8.18. The molecule has 0 bridgehead atoms. The quantitative estimate of drug-likeness (QED) is 0.561. The third-order valence-electron chi connectivity index (χ3n) is 3.32. The summed E-state index contributed by atoms with van der Waals surface area (Å²) in [5.74, 6) is 0.270. The van der Waals surface area contributed by atoms with Crippen molar-refractivity contribution in [3.8, 4) is 0 Å². The molecule has 2 rings (SSSR count). The Morgan fingerprint density at radius 1 is 1.38 bits per heavy atom. The van der Waals surface area contributed by atoms with E-state index in [1.54, 1.807) is 6.92 Å². The lowest BCUT2D eigenvalue weighted by molar-refractivity contribution is -0.113. The molecular weight excluding hydrogens is 160 g/mol. The minimum atomic E-state index is 0.270. The molecule has 70 valence electrons. The fourth-order valence-corrected chi connectivity index (χ4v) is 2.44. The summed E-state index contributed by atoms with van der Waals surface area (Å²) < 4.78 is 0. The van der Waals surface area contributed by atoms with Crippen molar-refractivity contribution in [3.63, 3.8) is 0 Å². The summed E-state index contributed by atoms with van der Waals surface area (Å²) in [6.07, 6.45) is 12.5. The number of hydrogen-bond donors (Lipinski definition) is 0. The van der Waals surface area contributed by atoms with Crippen LogP contribution in [0.1, 0.15) is 39.0 Å². The van der Waals surface area contributed by atoms with Crippen LogP contribution in [0.25, 0.3) is 0 Å². The van der Waals surface area contributed by atoms with Crippen LogP contribution < -0.4 is 0 Å². The fourth-order valence-electron chi connectivity index (χ4n) is 2.44. The molecule has 0 fully saturated rings. The molecule has 1 spiro atoms. The summed E-state index contributed by atoms with van der Waals surface area (Å²) in [6, 6.07) is 0. The van der Waals surface area contributed by atoms with Crippen LogP contribution in [-0.4, -0.2) is 5.78 Å². The number of carbonyl (C=O) groups excluding carboxylic acids is 1. The predicted octanol–water partition coefficient (Wildman–Crippen LogP) is 3.02. The summed E-state index contributed by atoms with van der Waals surface area (Å²) in [5.41, 5.74) is 1.42. The van der Waals surface area contributed by atoms with Crippen LogP contribution in [0.2, 0.25) is 0 Å². The first-order chi connectivity index (χ1) is 6.22. The van der Waals surface area contributed by atoms with E-state index in [1.165, 1.54) is 19.3 Å². The third kappa shape index (κ3) is 1.60. The number of rotatable bonds is 1. The second kappa shape index (κ2) is 3.13. The van der Waals surface area contributed by atoms with Crippen LogP contribution in [0, 0.1) is 5.41 Å². The van der Waals surface area contributed by atoms with Crippen LogP contribution in [0.3, 0.4) is 0 Å². The second-order valence-electron chi connectivity index (χ2n) is 4.30. The van der Waals surface area contributed by atoms with Crippen molar-refractivity contribution in [2.75, 3.05) is 0 Å². The molecular formula is C12H16O. The predicted molar refractivity (Wildman–Crippen MR) is 53.4 cm³/mol. The van der Waals surface area contributed by atoms with Gasteiger partial charge in [0.05, 0.1) is 0 Å². The van der Waals surface area contributed by atoms with Gasteiger partial charge in [-0.2, -0.15) is 0 Å². The average Bonchev–Trinajstić information content (AvgIpc) is 2.51. The van der Waals surface area contributed by atoms with Crippen molar-refractivity contribution in [2.24, 2.45) is 5.41 Å².